The molecule has 1 amide bonds. The van der Waals surface area contributed by atoms with Gasteiger partial charge >= 0.3 is 0 Å². The predicted molar refractivity (Wildman–Crippen MR) is 85.8 cm³/mol. The minimum Gasteiger partial charge on any atom is -0.399 e. The second kappa shape index (κ2) is 9.40. The monoisotopic (exact) mass is 276 g/mol. The average molecular weight is 276 g/mol. The second-order valence-electron chi connectivity index (χ2n) is 5.33. The molecule has 1 rings (SSSR count). The lowest BCUT2D eigenvalue weighted by molar-refractivity contribution is 0.0749. The molecule has 0 spiro atoms. The Hall–Kier alpha value is -1.51. The van der Waals surface area contributed by atoms with Crippen LogP contribution in [0.1, 0.15) is 62.7 Å². The predicted octanol–water partition coefficient (Wildman–Crippen LogP) is 4.09. The summed E-state index contributed by atoms with van der Waals surface area (Å²) < 4.78 is 0. The molecule has 0 aliphatic rings. The molecule has 20 heavy (non-hydrogen) atoms. The number of unbranched alkanes of at least 4 members (excludes halogenated alkanes) is 4. The summed E-state index contributed by atoms with van der Waals surface area (Å²) in [5.74, 6) is 0.115. The summed E-state index contributed by atoms with van der Waals surface area (Å²) in [6.07, 6.45) is 6.86. The van der Waals surface area contributed by atoms with Crippen LogP contribution in [0.15, 0.2) is 24.3 Å². The Kier molecular flexibility index (Phi) is 7.78. The summed E-state index contributed by atoms with van der Waals surface area (Å²) in [7, 11) is 0. The summed E-state index contributed by atoms with van der Waals surface area (Å²) in [5, 5.41) is 0. The molecule has 3 heteroatoms. The van der Waals surface area contributed by atoms with E-state index in [1.54, 1.807) is 6.07 Å². The number of benzene rings is 1. The van der Waals surface area contributed by atoms with Crippen LogP contribution >= 0.6 is 0 Å². The molecule has 0 bridgehead atoms. The number of rotatable bonds is 9. The van der Waals surface area contributed by atoms with E-state index in [-0.39, 0.29) is 5.91 Å². The van der Waals surface area contributed by atoms with Gasteiger partial charge in [-0.3, -0.25) is 4.79 Å². The highest BCUT2D eigenvalue weighted by molar-refractivity contribution is 5.95. The van der Waals surface area contributed by atoms with Gasteiger partial charge in [-0.05, 0) is 31.0 Å². The number of nitrogens with two attached hydrogens (primary N) is 1. The van der Waals surface area contributed by atoms with Gasteiger partial charge in [0, 0.05) is 24.3 Å². The Morgan fingerprint density at radius 2 is 1.65 bits per heavy atom. The van der Waals surface area contributed by atoms with Crippen LogP contribution in [0.3, 0.4) is 0 Å². The Bertz CT molecular complexity index is 394. The lowest BCUT2D eigenvalue weighted by Crippen LogP contribution is -2.33. The molecule has 3 nitrogen and oxygen atoms in total. The molecule has 0 fully saturated rings. The molecule has 2 N–H and O–H groups in total. The first-order valence-corrected chi connectivity index (χ1v) is 7.83. The minimum absolute atomic E-state index is 0.115. The van der Waals surface area contributed by atoms with Gasteiger partial charge in [-0.25, -0.2) is 0 Å². The third-order valence-electron chi connectivity index (χ3n) is 3.48. The second-order valence-corrected chi connectivity index (χ2v) is 5.33. The number of hydrogen-bond donors (Lipinski definition) is 1. The highest BCUT2D eigenvalue weighted by atomic mass is 16.2. The normalized spacial score (nSPS) is 10.5. The third-order valence-corrected chi connectivity index (χ3v) is 3.48. The quantitative estimate of drug-likeness (QED) is 0.545. The first-order valence-electron chi connectivity index (χ1n) is 7.83. The van der Waals surface area contributed by atoms with E-state index in [0.29, 0.717) is 11.3 Å². The molecular weight excluding hydrogens is 248 g/mol. The van der Waals surface area contributed by atoms with Crippen molar-refractivity contribution in [3.63, 3.8) is 0 Å². The average Bonchev–Trinajstić information content (AvgIpc) is 2.45. The first kappa shape index (κ1) is 16.5. The third kappa shape index (κ3) is 5.64. The van der Waals surface area contributed by atoms with Crippen LogP contribution in [-0.4, -0.2) is 23.9 Å². The SMILES string of the molecule is CCCCCN(CCCCC)C(=O)c1cccc(N)c1. The Morgan fingerprint density at radius 1 is 1.05 bits per heavy atom. The number of amides is 1. The summed E-state index contributed by atoms with van der Waals surface area (Å²) in [6.45, 7) is 6.07. The summed E-state index contributed by atoms with van der Waals surface area (Å²) in [6, 6.07) is 7.29. The van der Waals surface area contributed by atoms with Crippen molar-refractivity contribution in [2.75, 3.05) is 18.8 Å². The van der Waals surface area contributed by atoms with E-state index in [2.05, 4.69) is 13.8 Å². The zero-order valence-corrected chi connectivity index (χ0v) is 12.9. The first-order chi connectivity index (χ1) is 9.69. The van der Waals surface area contributed by atoms with Gasteiger partial charge in [-0.2, -0.15) is 0 Å². The fraction of sp³-hybridized carbons (Fsp3) is 0.588. The molecule has 0 unspecified atom stereocenters. The van der Waals surface area contributed by atoms with E-state index in [1.165, 1.54) is 25.7 Å². The van der Waals surface area contributed by atoms with Crippen LogP contribution in [0.2, 0.25) is 0 Å². The van der Waals surface area contributed by atoms with Gasteiger partial charge in [-0.1, -0.05) is 45.6 Å². The topological polar surface area (TPSA) is 46.3 Å². The Morgan fingerprint density at radius 3 is 2.15 bits per heavy atom. The van der Waals surface area contributed by atoms with Crippen LogP contribution < -0.4 is 5.73 Å². The van der Waals surface area contributed by atoms with Crippen molar-refractivity contribution in [3.05, 3.63) is 29.8 Å². The molecule has 0 atom stereocenters. The van der Waals surface area contributed by atoms with Crippen LogP contribution in [0.25, 0.3) is 0 Å². The van der Waals surface area contributed by atoms with Crippen molar-refractivity contribution in [1.82, 2.24) is 4.90 Å². The largest absolute Gasteiger partial charge is 0.399 e. The fourth-order valence-corrected chi connectivity index (χ4v) is 2.27. The van der Waals surface area contributed by atoms with Crippen LogP contribution in [0.4, 0.5) is 5.69 Å². The highest BCUT2D eigenvalue weighted by Gasteiger charge is 2.15. The van der Waals surface area contributed by atoms with Crippen LogP contribution in [0, 0.1) is 0 Å². The van der Waals surface area contributed by atoms with E-state index in [9.17, 15) is 4.79 Å². The molecule has 0 saturated carbocycles. The van der Waals surface area contributed by atoms with E-state index >= 15 is 0 Å². The van der Waals surface area contributed by atoms with Crippen molar-refractivity contribution in [2.45, 2.75) is 52.4 Å². The number of hydrogen-bond acceptors (Lipinski definition) is 2. The van der Waals surface area contributed by atoms with Gasteiger partial charge in [0.15, 0.2) is 0 Å². The zero-order valence-electron chi connectivity index (χ0n) is 12.9. The molecule has 1 aromatic rings. The van der Waals surface area contributed by atoms with Crippen molar-refractivity contribution < 1.29 is 4.79 Å². The summed E-state index contributed by atoms with van der Waals surface area (Å²) >= 11 is 0. The lowest BCUT2D eigenvalue weighted by Gasteiger charge is -2.23. The van der Waals surface area contributed by atoms with E-state index in [0.717, 1.165) is 25.9 Å². The molecule has 0 heterocycles. The van der Waals surface area contributed by atoms with Gasteiger partial charge in [-0.15, -0.1) is 0 Å². The number of carbonyl (C=O) groups excluding carboxylic acids is 1. The van der Waals surface area contributed by atoms with Crippen molar-refractivity contribution in [2.24, 2.45) is 0 Å². The zero-order chi connectivity index (χ0) is 14.8. The maximum Gasteiger partial charge on any atom is 0.253 e. The number of nitrogen functional groups attached to an aromatic ring is 1. The molecule has 0 radical (unpaired) electrons. The molecule has 112 valence electrons. The Labute approximate surface area is 123 Å². The van der Waals surface area contributed by atoms with Crippen LogP contribution in [-0.2, 0) is 0 Å². The molecule has 0 aliphatic heterocycles. The van der Waals surface area contributed by atoms with Crippen molar-refractivity contribution in [3.8, 4) is 0 Å². The van der Waals surface area contributed by atoms with Crippen molar-refractivity contribution in [1.29, 1.82) is 0 Å². The lowest BCUT2D eigenvalue weighted by atomic mass is 10.1. The number of nitrogens with zero attached hydrogens (tertiary/aromatic N) is 1. The number of anilines is 1. The van der Waals surface area contributed by atoms with Crippen molar-refractivity contribution >= 4 is 11.6 Å². The molecular formula is C17H28N2O. The smallest absolute Gasteiger partial charge is 0.253 e. The molecule has 1 aromatic carbocycles. The van der Waals surface area contributed by atoms with Gasteiger partial charge < -0.3 is 10.6 Å². The maximum absolute atomic E-state index is 12.6. The summed E-state index contributed by atoms with van der Waals surface area (Å²) in [5.41, 5.74) is 7.13. The van der Waals surface area contributed by atoms with Gasteiger partial charge in [0.05, 0.1) is 0 Å². The molecule has 0 aliphatic carbocycles. The van der Waals surface area contributed by atoms with Gasteiger partial charge in [0.25, 0.3) is 5.91 Å². The van der Waals surface area contributed by atoms with E-state index < -0.39 is 0 Å². The van der Waals surface area contributed by atoms with Gasteiger partial charge in [0.2, 0.25) is 0 Å². The van der Waals surface area contributed by atoms with Crippen LogP contribution in [0.5, 0.6) is 0 Å². The minimum atomic E-state index is 0.115. The standard InChI is InChI=1S/C17H28N2O/c1-3-5-7-12-19(13-8-6-4-2)17(20)15-10-9-11-16(18)14-15/h9-11,14H,3-8,12-13,18H2,1-2H3. The Balaban J connectivity index is 2.66. The molecule has 0 saturated heterocycles. The van der Waals surface area contributed by atoms with E-state index in [4.69, 9.17) is 5.73 Å². The van der Waals surface area contributed by atoms with Gasteiger partial charge in [0.1, 0.15) is 0 Å². The summed E-state index contributed by atoms with van der Waals surface area (Å²) in [4.78, 5) is 14.5. The highest BCUT2D eigenvalue weighted by Crippen LogP contribution is 2.12. The van der Waals surface area contributed by atoms with E-state index in [1.807, 2.05) is 23.1 Å². The maximum atomic E-state index is 12.6. The molecule has 0 aromatic heterocycles. The number of carbonyl (C=O) groups is 1. The fourth-order valence-electron chi connectivity index (χ4n) is 2.27.